The van der Waals surface area contributed by atoms with Gasteiger partial charge >= 0.3 is 0 Å². The second-order valence-electron chi connectivity index (χ2n) is 5.51. The first-order valence-electron chi connectivity index (χ1n) is 5.97. The van der Waals surface area contributed by atoms with Gasteiger partial charge in [-0.1, -0.05) is 27.7 Å². The Kier molecular flexibility index (Phi) is 4.39. The predicted octanol–water partition coefficient (Wildman–Crippen LogP) is 1.96. The first-order valence-corrected chi connectivity index (χ1v) is 5.97. The highest BCUT2D eigenvalue weighted by Crippen LogP contribution is 2.33. The lowest BCUT2D eigenvalue weighted by Crippen LogP contribution is -2.32. The van der Waals surface area contributed by atoms with Crippen molar-refractivity contribution in [2.24, 2.45) is 11.3 Å². The average molecular weight is 198 g/mol. The Labute approximate surface area is 89.1 Å². The van der Waals surface area contributed by atoms with Crippen LogP contribution in [-0.2, 0) is 0 Å². The van der Waals surface area contributed by atoms with Crippen LogP contribution >= 0.6 is 0 Å². The van der Waals surface area contributed by atoms with Crippen molar-refractivity contribution >= 4 is 0 Å². The summed E-state index contributed by atoms with van der Waals surface area (Å²) in [6.07, 6.45) is 1.38. The fourth-order valence-electron chi connectivity index (χ4n) is 2.16. The third kappa shape index (κ3) is 3.58. The molecule has 0 radical (unpaired) electrons. The van der Waals surface area contributed by atoms with E-state index in [4.69, 9.17) is 0 Å². The van der Waals surface area contributed by atoms with Crippen LogP contribution < -0.4 is 5.32 Å². The molecule has 84 valence electrons. The highest BCUT2D eigenvalue weighted by molar-refractivity contribution is 4.83. The van der Waals surface area contributed by atoms with Gasteiger partial charge < -0.3 is 10.2 Å². The molecule has 1 rings (SSSR count). The molecular weight excluding hydrogens is 172 g/mol. The number of hydrogen-bond acceptors (Lipinski definition) is 2. The molecule has 0 aliphatic carbocycles. The van der Waals surface area contributed by atoms with Gasteiger partial charge in [-0.3, -0.25) is 0 Å². The van der Waals surface area contributed by atoms with E-state index in [-0.39, 0.29) is 0 Å². The lowest BCUT2D eigenvalue weighted by atomic mass is 9.80. The minimum atomic E-state index is 0.493. The Balaban J connectivity index is 2.21. The molecule has 1 aliphatic heterocycles. The zero-order valence-electron chi connectivity index (χ0n) is 10.3. The molecule has 0 amide bonds. The Bertz CT molecular complexity index is 160. The molecule has 0 bridgehead atoms. The van der Waals surface area contributed by atoms with E-state index in [2.05, 4.69) is 37.9 Å². The van der Waals surface area contributed by atoms with Crippen LogP contribution in [0, 0.1) is 11.3 Å². The summed E-state index contributed by atoms with van der Waals surface area (Å²) in [4.78, 5) is 2.60. The topological polar surface area (TPSA) is 15.3 Å². The maximum atomic E-state index is 3.39. The number of likely N-dealkylation sites (N-methyl/N-ethyl adjacent to an activating group) is 1. The summed E-state index contributed by atoms with van der Waals surface area (Å²) in [5.74, 6) is 0.893. The first kappa shape index (κ1) is 12.0. The Morgan fingerprint density at radius 1 is 1.36 bits per heavy atom. The van der Waals surface area contributed by atoms with Crippen LogP contribution in [0.5, 0.6) is 0 Å². The third-order valence-corrected chi connectivity index (χ3v) is 3.35. The highest BCUT2D eigenvalue weighted by atomic mass is 15.2. The number of nitrogens with zero attached hydrogens (tertiary/aromatic N) is 1. The van der Waals surface area contributed by atoms with Gasteiger partial charge in [0.1, 0.15) is 0 Å². The third-order valence-electron chi connectivity index (χ3n) is 3.35. The van der Waals surface area contributed by atoms with Crippen LogP contribution in [0.15, 0.2) is 0 Å². The van der Waals surface area contributed by atoms with E-state index < -0.39 is 0 Å². The summed E-state index contributed by atoms with van der Waals surface area (Å²) in [7, 11) is 0. The summed E-state index contributed by atoms with van der Waals surface area (Å²) in [5.41, 5.74) is 0.493. The molecule has 0 aromatic carbocycles. The van der Waals surface area contributed by atoms with Crippen molar-refractivity contribution in [3.63, 3.8) is 0 Å². The molecular formula is C12H26N2. The molecule has 0 aromatic heterocycles. The van der Waals surface area contributed by atoms with Crippen LogP contribution in [0.4, 0.5) is 0 Å². The van der Waals surface area contributed by atoms with Crippen molar-refractivity contribution in [1.82, 2.24) is 10.2 Å². The van der Waals surface area contributed by atoms with E-state index in [1.807, 2.05) is 0 Å². The molecule has 0 aromatic rings. The van der Waals surface area contributed by atoms with Gasteiger partial charge in [0.05, 0.1) is 0 Å². The minimum absolute atomic E-state index is 0.493. The molecule has 2 nitrogen and oxygen atoms in total. The maximum Gasteiger partial charge on any atom is 0.0107 e. The molecule has 1 heterocycles. The van der Waals surface area contributed by atoms with Crippen molar-refractivity contribution < 1.29 is 0 Å². The molecule has 1 unspecified atom stereocenters. The van der Waals surface area contributed by atoms with Gasteiger partial charge in [0, 0.05) is 19.6 Å². The number of likely N-dealkylation sites (tertiary alicyclic amines) is 1. The quantitative estimate of drug-likeness (QED) is 0.695. The molecule has 1 fully saturated rings. The zero-order chi connectivity index (χ0) is 10.6. The smallest absolute Gasteiger partial charge is 0.0107 e. The zero-order valence-corrected chi connectivity index (χ0v) is 10.3. The summed E-state index contributed by atoms with van der Waals surface area (Å²) >= 11 is 0. The molecule has 14 heavy (non-hydrogen) atoms. The Hall–Kier alpha value is -0.0800. The molecule has 0 spiro atoms. The monoisotopic (exact) mass is 198 g/mol. The van der Waals surface area contributed by atoms with E-state index in [0.29, 0.717) is 5.41 Å². The number of hydrogen-bond donors (Lipinski definition) is 1. The molecule has 0 saturated carbocycles. The first-order chi connectivity index (χ1) is 6.54. The van der Waals surface area contributed by atoms with Gasteiger partial charge in [0.25, 0.3) is 0 Å². The lowest BCUT2D eigenvalue weighted by Gasteiger charge is -2.27. The summed E-state index contributed by atoms with van der Waals surface area (Å²) in [6.45, 7) is 15.3. The van der Waals surface area contributed by atoms with Crippen LogP contribution in [0.3, 0.4) is 0 Å². The second-order valence-corrected chi connectivity index (χ2v) is 5.51. The average Bonchev–Trinajstić information content (AvgIpc) is 2.52. The van der Waals surface area contributed by atoms with Crippen LogP contribution in [-0.4, -0.2) is 37.6 Å². The van der Waals surface area contributed by atoms with Gasteiger partial charge in [-0.15, -0.1) is 0 Å². The van der Waals surface area contributed by atoms with E-state index in [1.165, 1.54) is 26.1 Å². The van der Waals surface area contributed by atoms with Crippen LogP contribution in [0.2, 0.25) is 0 Å². The molecule has 1 N–H and O–H groups in total. The molecule has 2 heteroatoms. The van der Waals surface area contributed by atoms with Crippen molar-refractivity contribution in [1.29, 1.82) is 0 Å². The van der Waals surface area contributed by atoms with E-state index in [1.54, 1.807) is 0 Å². The largest absolute Gasteiger partial charge is 0.316 e. The van der Waals surface area contributed by atoms with Gasteiger partial charge in [-0.25, -0.2) is 0 Å². The van der Waals surface area contributed by atoms with E-state index in [0.717, 1.165) is 19.0 Å². The fraction of sp³-hybridized carbons (Fsp3) is 1.00. The van der Waals surface area contributed by atoms with Crippen molar-refractivity contribution in [3.05, 3.63) is 0 Å². The van der Waals surface area contributed by atoms with Crippen LogP contribution in [0.25, 0.3) is 0 Å². The molecule has 1 saturated heterocycles. The number of nitrogens with one attached hydrogen (secondary N) is 1. The fourth-order valence-corrected chi connectivity index (χ4v) is 2.16. The normalized spacial score (nSPS) is 24.4. The maximum absolute atomic E-state index is 3.39. The van der Waals surface area contributed by atoms with Crippen molar-refractivity contribution in [2.45, 2.75) is 34.1 Å². The Morgan fingerprint density at radius 2 is 2.07 bits per heavy atom. The minimum Gasteiger partial charge on any atom is -0.316 e. The standard InChI is InChI=1S/C12H26N2/c1-5-13-7-9-14-8-6-11(10-14)12(2,3)4/h11,13H,5-10H2,1-4H3. The van der Waals surface area contributed by atoms with Crippen molar-refractivity contribution in [3.8, 4) is 0 Å². The van der Waals surface area contributed by atoms with Gasteiger partial charge in [0.15, 0.2) is 0 Å². The number of rotatable bonds is 4. The predicted molar refractivity (Wildman–Crippen MR) is 62.5 cm³/mol. The molecule has 1 atom stereocenters. The Morgan fingerprint density at radius 3 is 2.57 bits per heavy atom. The van der Waals surface area contributed by atoms with E-state index in [9.17, 15) is 0 Å². The summed E-state index contributed by atoms with van der Waals surface area (Å²) in [5, 5.41) is 3.39. The lowest BCUT2D eigenvalue weighted by molar-refractivity contribution is 0.229. The van der Waals surface area contributed by atoms with Crippen LogP contribution in [0.1, 0.15) is 34.1 Å². The SMILES string of the molecule is CCNCCN1CCC(C(C)(C)C)C1. The van der Waals surface area contributed by atoms with E-state index >= 15 is 0 Å². The summed E-state index contributed by atoms with van der Waals surface area (Å²) < 4.78 is 0. The molecule has 1 aliphatic rings. The van der Waals surface area contributed by atoms with Crippen molar-refractivity contribution in [2.75, 3.05) is 32.7 Å². The highest BCUT2D eigenvalue weighted by Gasteiger charge is 2.31. The van der Waals surface area contributed by atoms with Gasteiger partial charge in [0.2, 0.25) is 0 Å². The summed E-state index contributed by atoms with van der Waals surface area (Å²) in [6, 6.07) is 0. The van der Waals surface area contributed by atoms with Gasteiger partial charge in [-0.2, -0.15) is 0 Å². The van der Waals surface area contributed by atoms with Gasteiger partial charge in [-0.05, 0) is 30.8 Å². The second kappa shape index (κ2) is 5.13.